The van der Waals surface area contributed by atoms with Gasteiger partial charge in [0.1, 0.15) is 31.0 Å². The Hall–Kier alpha value is -1.30. The van der Waals surface area contributed by atoms with E-state index in [1.54, 1.807) is 0 Å². The Morgan fingerprint density at radius 1 is 0.500 bits per heavy atom. The molecule has 0 radical (unpaired) electrons. The molecule has 10 nitrogen and oxygen atoms in total. The Kier molecular flexibility index (Phi) is 33.9. The number of hydrogen-bond acceptors (Lipinski definition) is 10. The standard InChI is InChI=1S/C44H84O10/c1-3-5-7-9-11-13-14-15-16-17-18-19-20-21-22-23-25-27-29-31-33-40(47)53-37(36-52-44-43(50)42(49)41(48)38(34-45)54-44)35-51-39(46)32-30-28-26-24-12-10-8-6-4-2/h37-38,41-45,48-50H,3-36H2,1-2H3/t37-,38-,41+,42?,43?,44-/m1/s1. The zero-order chi connectivity index (χ0) is 39.5. The number of carbonyl (C=O) groups is 2. The number of unbranched alkanes of at least 4 members (excludes halogenated alkanes) is 27. The van der Waals surface area contributed by atoms with Crippen molar-refractivity contribution in [2.45, 2.75) is 250 Å². The highest BCUT2D eigenvalue weighted by Crippen LogP contribution is 2.23. The Balaban J connectivity index is 2.25. The van der Waals surface area contributed by atoms with Crippen LogP contribution < -0.4 is 0 Å². The Morgan fingerprint density at radius 2 is 0.870 bits per heavy atom. The summed E-state index contributed by atoms with van der Waals surface area (Å²) in [7, 11) is 0. The van der Waals surface area contributed by atoms with Crippen molar-refractivity contribution in [1.29, 1.82) is 0 Å². The van der Waals surface area contributed by atoms with Crippen molar-refractivity contribution in [2.24, 2.45) is 0 Å². The van der Waals surface area contributed by atoms with Gasteiger partial charge in [0.25, 0.3) is 0 Å². The molecular formula is C44H84O10. The van der Waals surface area contributed by atoms with E-state index >= 15 is 0 Å². The van der Waals surface area contributed by atoms with Gasteiger partial charge in [-0.25, -0.2) is 0 Å². The molecule has 1 rings (SSSR count). The van der Waals surface area contributed by atoms with E-state index in [1.165, 1.54) is 141 Å². The smallest absolute Gasteiger partial charge is 0.306 e. The topological polar surface area (TPSA) is 152 Å². The zero-order valence-electron chi connectivity index (χ0n) is 34.7. The first-order valence-electron chi connectivity index (χ1n) is 22.6. The minimum Gasteiger partial charge on any atom is -0.462 e. The first-order chi connectivity index (χ1) is 26.3. The van der Waals surface area contributed by atoms with Gasteiger partial charge in [-0.2, -0.15) is 0 Å². The molecule has 4 N–H and O–H groups in total. The average Bonchev–Trinajstić information content (AvgIpc) is 3.17. The third-order valence-electron chi connectivity index (χ3n) is 10.7. The van der Waals surface area contributed by atoms with Gasteiger partial charge in [0, 0.05) is 12.8 Å². The Morgan fingerprint density at radius 3 is 1.26 bits per heavy atom. The molecule has 1 aliphatic rings. The number of carbonyl (C=O) groups excluding carboxylic acids is 2. The molecule has 320 valence electrons. The molecule has 0 spiro atoms. The van der Waals surface area contributed by atoms with Crippen LogP contribution in [-0.2, 0) is 28.5 Å². The molecule has 0 aromatic rings. The zero-order valence-corrected chi connectivity index (χ0v) is 34.7. The second-order valence-corrected chi connectivity index (χ2v) is 15.9. The maximum absolute atomic E-state index is 12.7. The van der Waals surface area contributed by atoms with Crippen LogP contribution in [0, 0.1) is 0 Å². The lowest BCUT2D eigenvalue weighted by Crippen LogP contribution is -2.59. The summed E-state index contributed by atoms with van der Waals surface area (Å²) in [4.78, 5) is 25.2. The van der Waals surface area contributed by atoms with E-state index < -0.39 is 49.4 Å². The highest BCUT2D eigenvalue weighted by molar-refractivity contribution is 5.70. The molecule has 6 atom stereocenters. The summed E-state index contributed by atoms with van der Waals surface area (Å²) in [6.45, 7) is 3.43. The lowest BCUT2D eigenvalue weighted by molar-refractivity contribution is -0.305. The number of hydrogen-bond donors (Lipinski definition) is 4. The minimum atomic E-state index is -1.59. The predicted octanol–water partition coefficient (Wildman–Crippen LogP) is 9.39. The fourth-order valence-electron chi connectivity index (χ4n) is 7.13. The number of aliphatic hydroxyl groups excluding tert-OH is 4. The molecular weight excluding hydrogens is 688 g/mol. The molecule has 0 saturated carbocycles. The van der Waals surface area contributed by atoms with Gasteiger partial charge < -0.3 is 39.4 Å². The van der Waals surface area contributed by atoms with Crippen molar-refractivity contribution < 1.29 is 49.0 Å². The summed E-state index contributed by atoms with van der Waals surface area (Å²) in [5, 5.41) is 40.0. The largest absolute Gasteiger partial charge is 0.462 e. The SMILES string of the molecule is CCCCCCCCCCCCCCCCCCCCCCC(=O)O[C@H](COC(=O)CCCCCCCCCCC)CO[C@@H]1O[C@H](CO)[C@H](O)C(O)C1O. The number of rotatable bonds is 38. The van der Waals surface area contributed by atoms with E-state index in [9.17, 15) is 30.0 Å². The van der Waals surface area contributed by atoms with Crippen molar-refractivity contribution in [3.8, 4) is 0 Å². The lowest BCUT2D eigenvalue weighted by Gasteiger charge is -2.39. The van der Waals surface area contributed by atoms with E-state index in [0.29, 0.717) is 6.42 Å². The number of ether oxygens (including phenoxy) is 4. The molecule has 0 aliphatic carbocycles. The first kappa shape index (κ1) is 50.7. The molecule has 1 saturated heterocycles. The summed E-state index contributed by atoms with van der Waals surface area (Å²) in [6.07, 6.45) is 28.4. The second-order valence-electron chi connectivity index (χ2n) is 15.9. The van der Waals surface area contributed by atoms with Crippen molar-refractivity contribution in [3.05, 3.63) is 0 Å². The molecule has 0 aromatic heterocycles. The molecule has 0 bridgehead atoms. The maximum Gasteiger partial charge on any atom is 0.306 e. The van der Waals surface area contributed by atoms with Crippen molar-refractivity contribution >= 4 is 11.9 Å². The molecule has 0 aromatic carbocycles. The van der Waals surface area contributed by atoms with Crippen LogP contribution in [0.3, 0.4) is 0 Å². The molecule has 1 fully saturated rings. The van der Waals surface area contributed by atoms with Crippen LogP contribution in [-0.4, -0.2) is 89.0 Å². The normalized spacial score (nSPS) is 20.6. The Bertz CT molecular complexity index is 855. The van der Waals surface area contributed by atoms with Gasteiger partial charge in [-0.05, 0) is 12.8 Å². The fourth-order valence-corrected chi connectivity index (χ4v) is 7.13. The average molecular weight is 773 g/mol. The Labute approximate surface area is 329 Å². The summed E-state index contributed by atoms with van der Waals surface area (Å²) >= 11 is 0. The quantitative estimate of drug-likeness (QED) is 0.0353. The van der Waals surface area contributed by atoms with Crippen molar-refractivity contribution in [3.63, 3.8) is 0 Å². The van der Waals surface area contributed by atoms with Gasteiger partial charge in [-0.3, -0.25) is 9.59 Å². The second kappa shape index (κ2) is 36.1. The van der Waals surface area contributed by atoms with Crippen LogP contribution in [0.15, 0.2) is 0 Å². The third-order valence-corrected chi connectivity index (χ3v) is 10.7. The van der Waals surface area contributed by atoms with Crippen molar-refractivity contribution in [1.82, 2.24) is 0 Å². The summed E-state index contributed by atoms with van der Waals surface area (Å²) in [6, 6.07) is 0. The van der Waals surface area contributed by atoms with Gasteiger partial charge in [-0.15, -0.1) is 0 Å². The fraction of sp³-hybridized carbons (Fsp3) is 0.955. The first-order valence-corrected chi connectivity index (χ1v) is 22.6. The van der Waals surface area contributed by atoms with E-state index in [2.05, 4.69) is 13.8 Å². The van der Waals surface area contributed by atoms with Crippen LogP contribution in [0.1, 0.15) is 213 Å². The van der Waals surface area contributed by atoms with Gasteiger partial charge in [0.05, 0.1) is 13.2 Å². The van der Waals surface area contributed by atoms with Crippen LogP contribution in [0.4, 0.5) is 0 Å². The molecule has 2 unspecified atom stereocenters. The minimum absolute atomic E-state index is 0.210. The van der Waals surface area contributed by atoms with E-state index in [0.717, 1.165) is 38.5 Å². The molecule has 0 amide bonds. The lowest BCUT2D eigenvalue weighted by atomic mass is 9.99. The predicted molar refractivity (Wildman–Crippen MR) is 215 cm³/mol. The van der Waals surface area contributed by atoms with E-state index in [-0.39, 0.29) is 32.0 Å². The summed E-state index contributed by atoms with van der Waals surface area (Å²) in [5.41, 5.74) is 0. The van der Waals surface area contributed by atoms with Gasteiger partial charge in [0.15, 0.2) is 12.4 Å². The number of esters is 2. The highest BCUT2D eigenvalue weighted by Gasteiger charge is 2.44. The molecule has 10 heteroatoms. The van der Waals surface area contributed by atoms with Crippen LogP contribution in [0.2, 0.25) is 0 Å². The summed E-state index contributed by atoms with van der Waals surface area (Å²) in [5.74, 6) is -0.796. The van der Waals surface area contributed by atoms with E-state index in [1.807, 2.05) is 0 Å². The highest BCUT2D eigenvalue weighted by atomic mass is 16.7. The van der Waals surface area contributed by atoms with Gasteiger partial charge in [0.2, 0.25) is 0 Å². The third kappa shape index (κ3) is 27.3. The van der Waals surface area contributed by atoms with Gasteiger partial charge in [-0.1, -0.05) is 187 Å². The molecule has 1 heterocycles. The molecule has 54 heavy (non-hydrogen) atoms. The van der Waals surface area contributed by atoms with Gasteiger partial charge >= 0.3 is 11.9 Å². The molecule has 1 aliphatic heterocycles. The van der Waals surface area contributed by atoms with Crippen LogP contribution >= 0.6 is 0 Å². The van der Waals surface area contributed by atoms with Crippen LogP contribution in [0.5, 0.6) is 0 Å². The maximum atomic E-state index is 12.7. The summed E-state index contributed by atoms with van der Waals surface area (Å²) < 4.78 is 22.1. The number of aliphatic hydroxyl groups is 4. The van der Waals surface area contributed by atoms with Crippen molar-refractivity contribution in [2.75, 3.05) is 19.8 Å². The van der Waals surface area contributed by atoms with Crippen LogP contribution in [0.25, 0.3) is 0 Å². The van der Waals surface area contributed by atoms with E-state index in [4.69, 9.17) is 18.9 Å². The monoisotopic (exact) mass is 773 g/mol.